The Morgan fingerprint density at radius 1 is 1.71 bits per heavy atom. The molecule has 1 unspecified atom stereocenters. The standard InChI is InChI=1S/C11H11ClN4O/c1-7-11(17)15-4-5-16(7)10-9(12)8(6-13)2-3-14-10/h2-3,7H,4-5H2,1H3,(H,15,17). The number of rotatable bonds is 1. The normalized spacial score (nSPS) is 19.7. The van der Waals surface area contributed by atoms with E-state index < -0.39 is 0 Å². The van der Waals surface area contributed by atoms with Crippen LogP contribution in [0.4, 0.5) is 5.82 Å². The van der Waals surface area contributed by atoms with E-state index in [0.717, 1.165) is 0 Å². The highest BCUT2D eigenvalue weighted by molar-refractivity contribution is 6.34. The van der Waals surface area contributed by atoms with E-state index in [1.54, 1.807) is 13.0 Å². The number of nitrogens with zero attached hydrogens (tertiary/aromatic N) is 3. The maximum absolute atomic E-state index is 11.6. The highest BCUT2D eigenvalue weighted by Crippen LogP contribution is 2.28. The lowest BCUT2D eigenvalue weighted by Gasteiger charge is -2.34. The Bertz CT molecular complexity index is 497. The molecule has 0 saturated carbocycles. The number of pyridine rings is 1. The molecule has 1 saturated heterocycles. The number of aromatic nitrogens is 1. The molecular weight excluding hydrogens is 240 g/mol. The molecule has 1 N–H and O–H groups in total. The zero-order chi connectivity index (χ0) is 12.4. The number of carbonyl (C=O) groups is 1. The average Bonchev–Trinajstić information content (AvgIpc) is 2.33. The van der Waals surface area contributed by atoms with Gasteiger partial charge < -0.3 is 10.2 Å². The van der Waals surface area contributed by atoms with Crippen molar-refractivity contribution in [1.82, 2.24) is 10.3 Å². The Morgan fingerprint density at radius 2 is 2.47 bits per heavy atom. The molecule has 0 bridgehead atoms. The van der Waals surface area contributed by atoms with Crippen molar-refractivity contribution in [2.24, 2.45) is 0 Å². The van der Waals surface area contributed by atoms with Gasteiger partial charge in [0, 0.05) is 19.3 Å². The third kappa shape index (κ3) is 2.04. The molecule has 1 aliphatic rings. The first kappa shape index (κ1) is 11.7. The smallest absolute Gasteiger partial charge is 0.242 e. The van der Waals surface area contributed by atoms with Gasteiger partial charge in [-0.3, -0.25) is 4.79 Å². The van der Waals surface area contributed by atoms with Crippen LogP contribution in [0.25, 0.3) is 0 Å². The largest absolute Gasteiger partial charge is 0.353 e. The summed E-state index contributed by atoms with van der Waals surface area (Å²) in [7, 11) is 0. The number of piperazine rings is 1. The summed E-state index contributed by atoms with van der Waals surface area (Å²) in [5.41, 5.74) is 0.370. The van der Waals surface area contributed by atoms with Gasteiger partial charge in [0.25, 0.3) is 0 Å². The first-order chi connectivity index (χ1) is 8.15. The van der Waals surface area contributed by atoms with Crippen molar-refractivity contribution in [3.8, 4) is 6.07 Å². The van der Waals surface area contributed by atoms with E-state index in [1.165, 1.54) is 6.20 Å². The number of hydrogen-bond acceptors (Lipinski definition) is 4. The van der Waals surface area contributed by atoms with Gasteiger partial charge in [-0.15, -0.1) is 0 Å². The van der Waals surface area contributed by atoms with Crippen LogP contribution < -0.4 is 10.2 Å². The van der Waals surface area contributed by atoms with Crippen molar-refractivity contribution in [3.05, 3.63) is 22.8 Å². The fourth-order valence-corrected chi connectivity index (χ4v) is 2.05. The zero-order valence-electron chi connectivity index (χ0n) is 9.27. The van der Waals surface area contributed by atoms with Crippen LogP contribution >= 0.6 is 11.6 Å². The third-order valence-electron chi connectivity index (χ3n) is 2.76. The van der Waals surface area contributed by atoms with Gasteiger partial charge in [0.2, 0.25) is 5.91 Å². The zero-order valence-corrected chi connectivity index (χ0v) is 10.0. The van der Waals surface area contributed by atoms with Crippen LogP contribution in [-0.4, -0.2) is 30.0 Å². The van der Waals surface area contributed by atoms with Crippen LogP contribution in [-0.2, 0) is 4.79 Å². The number of nitrogens with one attached hydrogen (secondary N) is 1. The second-order valence-corrected chi connectivity index (χ2v) is 4.15. The molecule has 1 fully saturated rings. The second kappa shape index (κ2) is 4.60. The number of carbonyl (C=O) groups excluding carboxylic acids is 1. The molecule has 2 rings (SSSR count). The Morgan fingerprint density at radius 3 is 3.18 bits per heavy atom. The van der Waals surface area contributed by atoms with Crippen molar-refractivity contribution >= 4 is 23.3 Å². The molecule has 1 aliphatic heterocycles. The molecule has 1 aromatic rings. The van der Waals surface area contributed by atoms with E-state index in [2.05, 4.69) is 10.3 Å². The lowest BCUT2D eigenvalue weighted by atomic mass is 10.2. The number of hydrogen-bond donors (Lipinski definition) is 1. The van der Waals surface area contributed by atoms with E-state index in [0.29, 0.717) is 29.5 Å². The topological polar surface area (TPSA) is 69.0 Å². The summed E-state index contributed by atoms with van der Waals surface area (Å²) in [6.07, 6.45) is 1.53. The summed E-state index contributed by atoms with van der Waals surface area (Å²) in [6.45, 7) is 2.97. The predicted molar refractivity (Wildman–Crippen MR) is 63.8 cm³/mol. The van der Waals surface area contributed by atoms with Crippen LogP contribution in [0.3, 0.4) is 0 Å². The van der Waals surface area contributed by atoms with Gasteiger partial charge in [0.15, 0.2) is 0 Å². The molecular formula is C11H11ClN4O. The van der Waals surface area contributed by atoms with E-state index in [1.807, 2.05) is 11.0 Å². The minimum absolute atomic E-state index is 0.0588. The molecule has 2 heterocycles. The SMILES string of the molecule is CC1C(=O)NCCN1c1nccc(C#N)c1Cl. The van der Waals surface area contributed by atoms with Crippen molar-refractivity contribution in [1.29, 1.82) is 5.26 Å². The predicted octanol–water partition coefficient (Wildman–Crippen LogP) is 0.931. The summed E-state index contributed by atoms with van der Waals surface area (Å²) >= 11 is 6.10. The van der Waals surface area contributed by atoms with Crippen molar-refractivity contribution < 1.29 is 4.79 Å². The monoisotopic (exact) mass is 250 g/mol. The van der Waals surface area contributed by atoms with E-state index in [9.17, 15) is 4.79 Å². The third-order valence-corrected chi connectivity index (χ3v) is 3.13. The first-order valence-corrected chi connectivity index (χ1v) is 5.62. The highest BCUT2D eigenvalue weighted by atomic mass is 35.5. The molecule has 0 radical (unpaired) electrons. The number of anilines is 1. The molecule has 1 aromatic heterocycles. The summed E-state index contributed by atoms with van der Waals surface area (Å²) in [4.78, 5) is 17.5. The summed E-state index contributed by atoms with van der Waals surface area (Å²) in [6, 6.07) is 3.23. The highest BCUT2D eigenvalue weighted by Gasteiger charge is 2.28. The van der Waals surface area contributed by atoms with Gasteiger partial charge in [-0.2, -0.15) is 5.26 Å². The molecule has 0 spiro atoms. The van der Waals surface area contributed by atoms with Gasteiger partial charge in [0.05, 0.1) is 5.56 Å². The maximum atomic E-state index is 11.6. The molecule has 1 amide bonds. The summed E-state index contributed by atoms with van der Waals surface area (Å²) in [5.74, 6) is 0.435. The van der Waals surface area contributed by atoms with Gasteiger partial charge in [-0.1, -0.05) is 11.6 Å². The Balaban J connectivity index is 2.40. The second-order valence-electron chi connectivity index (χ2n) is 3.77. The average molecular weight is 251 g/mol. The van der Waals surface area contributed by atoms with Crippen LogP contribution in [0.5, 0.6) is 0 Å². The summed E-state index contributed by atoms with van der Waals surface area (Å²) in [5, 5.41) is 12.0. The quantitative estimate of drug-likeness (QED) is 0.805. The maximum Gasteiger partial charge on any atom is 0.242 e. The fraction of sp³-hybridized carbons (Fsp3) is 0.364. The van der Waals surface area contributed by atoms with Crippen molar-refractivity contribution in [2.75, 3.05) is 18.0 Å². The molecule has 1 atom stereocenters. The van der Waals surface area contributed by atoms with Crippen molar-refractivity contribution in [2.45, 2.75) is 13.0 Å². The molecule has 0 aromatic carbocycles. The van der Waals surface area contributed by atoms with Crippen LogP contribution in [0.1, 0.15) is 12.5 Å². The van der Waals surface area contributed by atoms with Gasteiger partial charge >= 0.3 is 0 Å². The Hall–Kier alpha value is -1.80. The Kier molecular flexibility index (Phi) is 3.16. The molecule has 5 nitrogen and oxygen atoms in total. The van der Waals surface area contributed by atoms with Gasteiger partial charge in [0.1, 0.15) is 23.0 Å². The lowest BCUT2D eigenvalue weighted by molar-refractivity contribution is -0.122. The lowest BCUT2D eigenvalue weighted by Crippen LogP contribution is -2.54. The molecule has 6 heteroatoms. The Labute approximate surface area is 104 Å². The number of halogens is 1. The molecule has 0 aliphatic carbocycles. The van der Waals surface area contributed by atoms with E-state index in [4.69, 9.17) is 16.9 Å². The van der Waals surface area contributed by atoms with Gasteiger partial charge in [-0.25, -0.2) is 4.98 Å². The fourth-order valence-electron chi connectivity index (χ4n) is 1.79. The number of nitriles is 1. The number of amides is 1. The molecule has 88 valence electrons. The summed E-state index contributed by atoms with van der Waals surface area (Å²) < 4.78 is 0. The van der Waals surface area contributed by atoms with Gasteiger partial charge in [-0.05, 0) is 13.0 Å². The van der Waals surface area contributed by atoms with Crippen molar-refractivity contribution in [3.63, 3.8) is 0 Å². The van der Waals surface area contributed by atoms with E-state index in [-0.39, 0.29) is 11.9 Å². The minimum atomic E-state index is -0.331. The van der Waals surface area contributed by atoms with Crippen LogP contribution in [0.15, 0.2) is 12.3 Å². The minimum Gasteiger partial charge on any atom is -0.353 e. The molecule has 17 heavy (non-hydrogen) atoms. The van der Waals surface area contributed by atoms with Crippen LogP contribution in [0.2, 0.25) is 5.02 Å². The first-order valence-electron chi connectivity index (χ1n) is 5.24. The van der Waals surface area contributed by atoms with E-state index >= 15 is 0 Å². The van der Waals surface area contributed by atoms with Crippen LogP contribution in [0, 0.1) is 11.3 Å².